The number of nitrogens with zero attached hydrogens (tertiary/aromatic N) is 3. The van der Waals surface area contributed by atoms with Gasteiger partial charge >= 0.3 is 0 Å². The Morgan fingerprint density at radius 2 is 2.00 bits per heavy atom. The molecule has 0 saturated carbocycles. The number of aromatic nitrogens is 2. The molecule has 7 nitrogen and oxygen atoms in total. The van der Waals surface area contributed by atoms with E-state index in [0.717, 1.165) is 0 Å². The fourth-order valence-electron chi connectivity index (χ4n) is 3.36. The van der Waals surface area contributed by atoms with Crippen LogP contribution in [0.2, 0.25) is 5.02 Å². The van der Waals surface area contributed by atoms with Crippen molar-refractivity contribution in [2.75, 3.05) is 18.2 Å². The molecule has 3 aromatic rings. The van der Waals surface area contributed by atoms with Gasteiger partial charge in [-0.2, -0.15) is 4.98 Å². The van der Waals surface area contributed by atoms with Gasteiger partial charge in [-0.25, -0.2) is 4.39 Å². The Morgan fingerprint density at radius 1 is 1.14 bits per heavy atom. The van der Waals surface area contributed by atoms with Crippen molar-refractivity contribution < 1.29 is 23.2 Å². The zero-order valence-corrected chi connectivity index (χ0v) is 15.1. The first kappa shape index (κ1) is 17.0. The molecule has 1 fully saturated rings. The van der Waals surface area contributed by atoms with E-state index in [2.05, 4.69) is 10.1 Å². The van der Waals surface area contributed by atoms with Crippen LogP contribution in [0.15, 0.2) is 40.9 Å². The Labute approximate surface area is 163 Å². The minimum Gasteiger partial charge on any atom is -0.454 e. The van der Waals surface area contributed by atoms with Crippen LogP contribution < -0.4 is 14.4 Å². The lowest BCUT2D eigenvalue weighted by Gasteiger charge is -2.17. The lowest BCUT2D eigenvalue weighted by molar-refractivity contribution is -0.117. The van der Waals surface area contributed by atoms with Crippen LogP contribution in [0.25, 0.3) is 11.5 Å². The first-order valence-electron chi connectivity index (χ1n) is 8.57. The van der Waals surface area contributed by atoms with Gasteiger partial charge in [0.2, 0.25) is 12.7 Å². The van der Waals surface area contributed by atoms with Gasteiger partial charge in [-0.1, -0.05) is 16.8 Å². The van der Waals surface area contributed by atoms with Crippen molar-refractivity contribution >= 4 is 23.2 Å². The second kappa shape index (κ2) is 6.49. The van der Waals surface area contributed by atoms with Crippen molar-refractivity contribution in [3.8, 4) is 23.0 Å². The van der Waals surface area contributed by atoms with Gasteiger partial charge in [0.05, 0.1) is 10.7 Å². The monoisotopic (exact) mass is 401 g/mol. The van der Waals surface area contributed by atoms with Gasteiger partial charge in [-0.3, -0.25) is 4.79 Å². The zero-order valence-electron chi connectivity index (χ0n) is 14.4. The Morgan fingerprint density at radius 3 is 2.86 bits per heavy atom. The predicted octanol–water partition coefficient (Wildman–Crippen LogP) is 3.78. The molecule has 28 heavy (non-hydrogen) atoms. The van der Waals surface area contributed by atoms with Gasteiger partial charge in [0.25, 0.3) is 5.89 Å². The quantitative estimate of drug-likeness (QED) is 0.664. The second-order valence-electron chi connectivity index (χ2n) is 6.53. The number of ether oxygens (including phenoxy) is 2. The minimum atomic E-state index is -0.455. The Hall–Kier alpha value is -3.13. The van der Waals surface area contributed by atoms with Gasteiger partial charge < -0.3 is 18.9 Å². The molecular formula is C19H13ClFN3O4. The van der Waals surface area contributed by atoms with Crippen LogP contribution in [0.4, 0.5) is 10.1 Å². The fourth-order valence-corrected chi connectivity index (χ4v) is 3.63. The molecule has 5 rings (SSSR count). The maximum atomic E-state index is 13.3. The lowest BCUT2D eigenvalue weighted by atomic mass is 10.1. The van der Waals surface area contributed by atoms with Gasteiger partial charge in [0.1, 0.15) is 5.82 Å². The van der Waals surface area contributed by atoms with Crippen molar-refractivity contribution in [3.05, 3.63) is 53.1 Å². The number of benzene rings is 2. The van der Waals surface area contributed by atoms with Crippen LogP contribution in [0.3, 0.4) is 0 Å². The Balaban J connectivity index is 1.38. The highest BCUT2D eigenvalue weighted by Gasteiger charge is 2.35. The van der Waals surface area contributed by atoms with Gasteiger partial charge in [-0.05, 0) is 36.4 Å². The summed E-state index contributed by atoms with van der Waals surface area (Å²) in [5.74, 6) is 1.21. The first-order valence-corrected chi connectivity index (χ1v) is 8.95. The van der Waals surface area contributed by atoms with Crippen molar-refractivity contribution in [1.82, 2.24) is 10.1 Å². The molecule has 0 bridgehead atoms. The van der Waals surface area contributed by atoms with E-state index in [9.17, 15) is 9.18 Å². The average Bonchev–Trinajstić information content (AvgIpc) is 3.40. The second-order valence-corrected chi connectivity index (χ2v) is 6.93. The minimum absolute atomic E-state index is 0.132. The van der Waals surface area contributed by atoms with Gasteiger partial charge in [-0.15, -0.1) is 0 Å². The molecule has 0 radical (unpaired) electrons. The molecule has 3 heterocycles. The molecule has 1 unspecified atom stereocenters. The molecule has 0 N–H and O–H groups in total. The highest BCUT2D eigenvalue weighted by Crippen LogP contribution is 2.37. The summed E-state index contributed by atoms with van der Waals surface area (Å²) in [5, 5.41) is 4.22. The number of carbonyl (C=O) groups is 1. The third-order valence-electron chi connectivity index (χ3n) is 4.75. The maximum Gasteiger partial charge on any atom is 0.258 e. The summed E-state index contributed by atoms with van der Waals surface area (Å²) in [5.41, 5.74) is 1.17. The molecule has 2 aromatic carbocycles. The summed E-state index contributed by atoms with van der Waals surface area (Å²) in [6.45, 7) is 0.518. The third-order valence-corrected chi connectivity index (χ3v) is 5.05. The van der Waals surface area contributed by atoms with Crippen LogP contribution >= 0.6 is 11.6 Å². The normalized spacial score (nSPS) is 18.1. The molecule has 1 saturated heterocycles. The number of halogens is 2. The molecule has 2 aliphatic rings. The van der Waals surface area contributed by atoms with E-state index in [1.807, 2.05) is 0 Å². The van der Waals surface area contributed by atoms with E-state index >= 15 is 0 Å². The summed E-state index contributed by atoms with van der Waals surface area (Å²) in [6, 6.07) is 9.29. The fraction of sp³-hybridized carbons (Fsp3) is 0.211. The van der Waals surface area contributed by atoms with E-state index in [4.69, 9.17) is 25.6 Å². The topological polar surface area (TPSA) is 77.7 Å². The highest BCUT2D eigenvalue weighted by atomic mass is 35.5. The van der Waals surface area contributed by atoms with Crippen LogP contribution in [0, 0.1) is 5.82 Å². The summed E-state index contributed by atoms with van der Waals surface area (Å²) in [4.78, 5) is 18.4. The van der Waals surface area contributed by atoms with Crippen LogP contribution in [-0.2, 0) is 4.79 Å². The Kier molecular flexibility index (Phi) is 3.94. The summed E-state index contributed by atoms with van der Waals surface area (Å²) in [6.07, 6.45) is 0.216. The van der Waals surface area contributed by atoms with Crippen molar-refractivity contribution in [2.45, 2.75) is 12.3 Å². The molecule has 9 heteroatoms. The summed E-state index contributed by atoms with van der Waals surface area (Å²) in [7, 11) is 0. The Bertz CT molecular complexity index is 1090. The number of hydrogen-bond donors (Lipinski definition) is 0. The zero-order chi connectivity index (χ0) is 19.3. The van der Waals surface area contributed by atoms with Crippen LogP contribution in [0.5, 0.6) is 11.5 Å². The van der Waals surface area contributed by atoms with E-state index in [1.165, 1.54) is 23.1 Å². The number of carbonyl (C=O) groups excluding carboxylic acids is 1. The third kappa shape index (κ3) is 2.86. The van der Waals surface area contributed by atoms with Crippen molar-refractivity contribution in [3.63, 3.8) is 0 Å². The summed E-state index contributed by atoms with van der Waals surface area (Å²) < 4.78 is 29.3. The summed E-state index contributed by atoms with van der Waals surface area (Å²) >= 11 is 6.09. The molecule has 1 amide bonds. The van der Waals surface area contributed by atoms with Crippen LogP contribution in [-0.4, -0.2) is 29.4 Å². The van der Waals surface area contributed by atoms with E-state index in [-0.39, 0.29) is 30.1 Å². The molecular weight excluding hydrogens is 389 g/mol. The molecule has 0 aliphatic carbocycles. The lowest BCUT2D eigenvalue weighted by Crippen LogP contribution is -2.24. The number of anilines is 1. The van der Waals surface area contributed by atoms with E-state index in [0.29, 0.717) is 41.0 Å². The van der Waals surface area contributed by atoms with Crippen molar-refractivity contribution in [2.24, 2.45) is 0 Å². The number of hydrogen-bond acceptors (Lipinski definition) is 6. The van der Waals surface area contributed by atoms with Gasteiger partial charge in [0.15, 0.2) is 17.3 Å². The maximum absolute atomic E-state index is 13.3. The van der Waals surface area contributed by atoms with Crippen molar-refractivity contribution in [1.29, 1.82) is 0 Å². The van der Waals surface area contributed by atoms with Crippen LogP contribution in [0.1, 0.15) is 18.2 Å². The predicted molar refractivity (Wildman–Crippen MR) is 97.0 cm³/mol. The van der Waals surface area contributed by atoms with E-state index in [1.54, 1.807) is 18.2 Å². The van der Waals surface area contributed by atoms with E-state index < -0.39 is 5.82 Å². The number of rotatable bonds is 3. The molecule has 1 atom stereocenters. The smallest absolute Gasteiger partial charge is 0.258 e. The molecule has 142 valence electrons. The first-order chi connectivity index (χ1) is 13.6. The number of fused-ring (bicyclic) bond motifs is 1. The SMILES string of the molecule is O=C1CC(c2noc(-c3ccc4c(c3)OCO4)n2)CN1c1ccc(F)cc1Cl. The largest absolute Gasteiger partial charge is 0.454 e. The number of amides is 1. The molecule has 1 aromatic heterocycles. The molecule has 0 spiro atoms. The van der Waals surface area contributed by atoms with Gasteiger partial charge in [0, 0.05) is 24.4 Å². The standard InChI is InChI=1S/C19H13ClFN3O4/c20-13-7-12(21)2-3-14(13)24-8-11(6-17(24)25)18-22-19(28-23-18)10-1-4-15-16(5-10)27-9-26-15/h1-5,7,11H,6,8-9H2. The molecule has 2 aliphatic heterocycles. The average molecular weight is 402 g/mol. The highest BCUT2D eigenvalue weighted by molar-refractivity contribution is 6.33.